The maximum atomic E-state index is 14.3. The zero-order valence-corrected chi connectivity index (χ0v) is 42.1. The smallest absolute Gasteiger partial charge is 0.314 e. The van der Waals surface area contributed by atoms with Crippen molar-refractivity contribution in [2.24, 2.45) is 17.8 Å². The zero-order chi connectivity index (χ0) is 50.6. The van der Waals surface area contributed by atoms with Crippen molar-refractivity contribution in [1.82, 2.24) is 20.1 Å². The Balaban J connectivity index is 1.45. The number of esters is 2. The average molecular weight is 971 g/mol. The van der Waals surface area contributed by atoms with Crippen molar-refractivity contribution >= 4 is 41.1 Å². The van der Waals surface area contributed by atoms with Gasteiger partial charge in [-0.05, 0) is 104 Å². The van der Waals surface area contributed by atoms with Crippen LogP contribution in [0, 0.1) is 17.8 Å². The quantitative estimate of drug-likeness (QED) is 0.148. The topological polar surface area (TPSA) is 225 Å². The van der Waals surface area contributed by atoms with E-state index < -0.39 is 103 Å². The van der Waals surface area contributed by atoms with E-state index >= 15 is 0 Å². The molecule has 0 aliphatic carbocycles. The van der Waals surface area contributed by atoms with Gasteiger partial charge in [-0.25, -0.2) is 0 Å². The summed E-state index contributed by atoms with van der Waals surface area (Å²) in [4.78, 5) is 61.1. The van der Waals surface area contributed by atoms with Gasteiger partial charge in [-0.2, -0.15) is 0 Å². The molecular formula is C51H78N4O14. The number of β-amino-alcohol motifs (C(OH)–C–C–N with tert-alkyl or cyclic N) is 1. The Hall–Kier alpha value is -3.95. The van der Waals surface area contributed by atoms with Crippen LogP contribution in [-0.4, -0.2) is 181 Å². The van der Waals surface area contributed by atoms with Crippen molar-refractivity contribution in [2.75, 3.05) is 47.9 Å². The number of hydrogen-bond donors (Lipinski definition) is 4. The summed E-state index contributed by atoms with van der Waals surface area (Å²) in [5.74, 6) is -3.59. The Labute approximate surface area is 407 Å². The number of carbonyl (C=O) groups is 4. The molecule has 4 heterocycles. The number of pyridine rings is 1. The fraction of sp³-hybridized carbons (Fsp3) is 0.706. The van der Waals surface area contributed by atoms with Gasteiger partial charge < -0.3 is 68.4 Å². The van der Waals surface area contributed by atoms with E-state index in [4.69, 9.17) is 33.2 Å². The van der Waals surface area contributed by atoms with Crippen LogP contribution in [0.1, 0.15) is 92.1 Å². The average Bonchev–Trinajstić information content (AvgIpc) is 3.28. The molecule has 3 saturated heterocycles. The van der Waals surface area contributed by atoms with Crippen LogP contribution in [0.2, 0.25) is 0 Å². The lowest BCUT2D eigenvalue weighted by atomic mass is 9.80. The molecule has 0 spiro atoms. The Morgan fingerprint density at radius 3 is 2.43 bits per heavy atom. The number of aromatic nitrogens is 1. The molecule has 5 rings (SSSR count). The van der Waals surface area contributed by atoms with Crippen LogP contribution in [0.15, 0.2) is 42.6 Å². The van der Waals surface area contributed by atoms with Gasteiger partial charge in [0.1, 0.15) is 36.6 Å². The van der Waals surface area contributed by atoms with Crippen molar-refractivity contribution in [3.63, 3.8) is 0 Å². The monoisotopic (exact) mass is 971 g/mol. The molecule has 18 heteroatoms. The van der Waals surface area contributed by atoms with Crippen LogP contribution in [0.5, 0.6) is 0 Å². The number of aliphatic hydroxyl groups is 3. The molecule has 0 bridgehead atoms. The van der Waals surface area contributed by atoms with E-state index in [1.165, 1.54) is 14.0 Å². The number of likely N-dealkylation sites (N-methyl/N-ethyl adjacent to an activating group) is 2. The number of carbonyl (C=O) groups excluding carboxylic acids is 4. The highest BCUT2D eigenvalue weighted by Crippen LogP contribution is 2.39. The van der Waals surface area contributed by atoms with Gasteiger partial charge in [0.2, 0.25) is 5.91 Å². The highest BCUT2D eigenvalue weighted by atomic mass is 16.7. The lowest BCUT2D eigenvalue weighted by Gasteiger charge is -2.50. The lowest BCUT2D eigenvalue weighted by Crippen LogP contribution is -2.65. The molecule has 0 radical (unpaired) electrons. The normalized spacial score (nSPS) is 35.8. The van der Waals surface area contributed by atoms with Crippen molar-refractivity contribution in [3.8, 4) is 0 Å². The van der Waals surface area contributed by atoms with Crippen LogP contribution < -0.4 is 5.32 Å². The predicted molar refractivity (Wildman–Crippen MR) is 256 cm³/mol. The third kappa shape index (κ3) is 14.8. The number of aliphatic hydroxyl groups excluding tert-OH is 2. The summed E-state index contributed by atoms with van der Waals surface area (Å²) in [6.07, 6.45) is -3.17. The number of rotatable bonds is 15. The first kappa shape index (κ1) is 56.0. The molecule has 3 fully saturated rings. The molecule has 16 atom stereocenters. The van der Waals surface area contributed by atoms with Crippen LogP contribution in [-0.2, 0) is 52.3 Å². The highest BCUT2D eigenvalue weighted by Gasteiger charge is 2.54. The summed E-state index contributed by atoms with van der Waals surface area (Å²) in [6.45, 7) is 11.2. The molecule has 3 aliphatic heterocycles. The van der Waals surface area contributed by atoms with Crippen molar-refractivity contribution in [1.29, 1.82) is 0 Å². The van der Waals surface area contributed by atoms with E-state index in [0.717, 1.165) is 22.8 Å². The van der Waals surface area contributed by atoms with Crippen LogP contribution in [0.4, 0.5) is 0 Å². The molecule has 4 N–H and O–H groups in total. The fourth-order valence-corrected chi connectivity index (χ4v) is 10.2. The Morgan fingerprint density at radius 2 is 1.77 bits per heavy atom. The Kier molecular flexibility index (Phi) is 21.1. The summed E-state index contributed by atoms with van der Waals surface area (Å²) >= 11 is 0. The first-order valence-electron chi connectivity index (χ1n) is 24.5. The van der Waals surface area contributed by atoms with E-state index in [0.29, 0.717) is 25.9 Å². The number of ether oxygens (including phenoxy) is 7. The SMILES string of the molecule is CCOC(=O)[C@H]1[C@H](C)O[C@@H](O[C@H]2[C@H](N(C)C)[C@@H](O)[C@H](O[C@H]3[C@@H](CC=O)C[C@@H](C)[C@@H](O)CN(C)CCC(C/C=C/c4ccnc5ccccc45)NC(=O)C[C@@H](OC(=O)CC)[C@@H]3OC)O[C@@H]2C)C[C@@]1(C)O. The fourth-order valence-electron chi connectivity index (χ4n) is 10.2. The van der Waals surface area contributed by atoms with Gasteiger partial charge in [-0.1, -0.05) is 44.2 Å². The van der Waals surface area contributed by atoms with E-state index in [1.807, 2.05) is 61.4 Å². The molecule has 0 saturated carbocycles. The molecular weight excluding hydrogens is 893 g/mol. The van der Waals surface area contributed by atoms with E-state index in [2.05, 4.69) is 10.3 Å². The van der Waals surface area contributed by atoms with Gasteiger partial charge in [0, 0.05) is 50.5 Å². The number of fused-ring (bicyclic) bond motifs is 1. The minimum Gasteiger partial charge on any atom is -0.466 e. The summed E-state index contributed by atoms with van der Waals surface area (Å²) in [6, 6.07) is 8.66. The summed E-state index contributed by atoms with van der Waals surface area (Å²) in [7, 11) is 6.84. The maximum Gasteiger partial charge on any atom is 0.314 e. The molecule has 1 unspecified atom stereocenters. The molecule has 18 nitrogen and oxygen atoms in total. The minimum absolute atomic E-state index is 0.000775. The van der Waals surface area contributed by atoms with Gasteiger partial charge in [-0.15, -0.1) is 0 Å². The second kappa shape index (κ2) is 26.0. The van der Waals surface area contributed by atoms with Gasteiger partial charge in [0.15, 0.2) is 12.6 Å². The first-order chi connectivity index (χ1) is 32.8. The number of nitrogens with zero attached hydrogens (tertiary/aromatic N) is 3. The summed E-state index contributed by atoms with van der Waals surface area (Å²) < 4.78 is 43.4. The van der Waals surface area contributed by atoms with Crippen molar-refractivity contribution < 1.29 is 67.7 Å². The van der Waals surface area contributed by atoms with E-state index in [1.54, 1.807) is 52.9 Å². The molecule has 69 heavy (non-hydrogen) atoms. The number of benzene rings is 1. The second-order valence-electron chi connectivity index (χ2n) is 19.5. The standard InChI is InChI=1S/C51H78N4O14/c1-11-41(59)67-39-27-40(58)53-35(17-15-16-33-20-23-52-37-19-14-13-18-36(33)37)21-24-55(9)29-38(57)30(3)26-34(22-25-56)47(48(39)63-10)69-50-45(60)44(54(7)8)46(32(5)66-50)68-42-28-51(6,62)43(31(4)65-42)49(61)64-12-2/h13-16,18-20,23,25,30-32,34-35,38-39,42-48,50,57,60,62H,11-12,17,21-22,24,26-29H2,1-10H3,(H,53,58)/b16-15+/t30-,31+,32-,34+,35?,38+,39-,42+,43-,44-,45-,46-,47+,48+,50+,51-/m1/s1. The highest BCUT2D eigenvalue weighted by molar-refractivity contribution is 5.87. The molecule has 1 aromatic carbocycles. The van der Waals surface area contributed by atoms with Crippen LogP contribution in [0.25, 0.3) is 17.0 Å². The third-order valence-corrected chi connectivity index (χ3v) is 13.8. The number of hydrogen-bond acceptors (Lipinski definition) is 17. The third-order valence-electron chi connectivity index (χ3n) is 13.8. The van der Waals surface area contributed by atoms with Crippen LogP contribution in [0.3, 0.4) is 0 Å². The summed E-state index contributed by atoms with van der Waals surface area (Å²) in [5, 5.41) is 39.6. The number of nitrogens with one attached hydrogen (secondary N) is 1. The Morgan fingerprint density at radius 1 is 1.03 bits per heavy atom. The number of methoxy groups -OCH3 is 1. The number of aldehydes is 1. The van der Waals surface area contributed by atoms with Gasteiger partial charge >= 0.3 is 11.9 Å². The molecule has 3 aliphatic rings. The van der Waals surface area contributed by atoms with Gasteiger partial charge in [0.05, 0.1) is 54.6 Å². The van der Waals surface area contributed by atoms with Crippen molar-refractivity contribution in [3.05, 3.63) is 48.2 Å². The van der Waals surface area contributed by atoms with Crippen LogP contribution >= 0.6 is 0 Å². The van der Waals surface area contributed by atoms with E-state index in [-0.39, 0.29) is 50.7 Å². The van der Waals surface area contributed by atoms with Gasteiger partial charge in [-0.3, -0.25) is 19.4 Å². The van der Waals surface area contributed by atoms with E-state index in [9.17, 15) is 34.5 Å². The maximum absolute atomic E-state index is 14.3. The van der Waals surface area contributed by atoms with Crippen molar-refractivity contribution in [2.45, 2.75) is 166 Å². The zero-order valence-electron chi connectivity index (χ0n) is 42.1. The molecule has 1 amide bonds. The lowest BCUT2D eigenvalue weighted by molar-refractivity contribution is -0.340. The minimum atomic E-state index is -1.54. The largest absolute Gasteiger partial charge is 0.466 e. The predicted octanol–water partition coefficient (Wildman–Crippen LogP) is 3.65. The molecule has 1 aromatic heterocycles. The first-order valence-corrected chi connectivity index (χ1v) is 24.5. The number of amides is 1. The molecule has 386 valence electrons. The second-order valence-corrected chi connectivity index (χ2v) is 19.5. The van der Waals surface area contributed by atoms with Gasteiger partial charge in [0.25, 0.3) is 0 Å². The Bertz CT molecular complexity index is 2000. The molecule has 2 aromatic rings. The number of para-hydroxylation sites is 1. The summed E-state index contributed by atoms with van der Waals surface area (Å²) in [5.41, 5.74) is 0.312.